The molecule has 0 saturated carbocycles. The lowest BCUT2D eigenvalue weighted by atomic mass is 10.0. The molecule has 0 atom stereocenters. The molecular weight excluding hydrogens is 370 g/mol. The minimum Gasteiger partial charge on any atom is -0.462 e. The maximum Gasteiger partial charge on any atom is 0.341 e. The Bertz CT molecular complexity index is 507. The monoisotopic (exact) mass is 409 g/mol. The van der Waals surface area contributed by atoms with Crippen LogP contribution >= 0.6 is 11.6 Å². The van der Waals surface area contributed by atoms with Crippen LogP contribution in [0.2, 0.25) is 5.15 Å². The van der Waals surface area contributed by atoms with Crippen LogP contribution in [-0.4, -0.2) is 17.6 Å². The summed E-state index contributed by atoms with van der Waals surface area (Å²) in [6.45, 7) is 2.74. The van der Waals surface area contributed by atoms with Gasteiger partial charge in [-0.3, -0.25) is 0 Å². The Hall–Kier alpha value is -1.09. The number of esters is 1. The van der Waals surface area contributed by atoms with Crippen molar-refractivity contribution in [1.29, 1.82) is 0 Å². The molecule has 1 aromatic rings. The standard InChI is InChI=1S/C24H40ClNO2/c1-2-3-4-5-6-7-8-9-10-11-12-13-14-15-16-17-21-28-24(27)22-19-18-20-26-23(22)25/h18-20H,2-17,21H2,1H3. The Morgan fingerprint density at radius 1 is 0.821 bits per heavy atom. The van der Waals surface area contributed by atoms with E-state index in [0.29, 0.717) is 12.2 Å². The van der Waals surface area contributed by atoms with Crippen molar-refractivity contribution in [1.82, 2.24) is 4.98 Å². The van der Waals surface area contributed by atoms with Crippen LogP contribution in [0.25, 0.3) is 0 Å². The molecule has 0 aromatic carbocycles. The SMILES string of the molecule is CCCCCCCCCCCCCCCCCCOC(=O)c1cccnc1Cl. The smallest absolute Gasteiger partial charge is 0.341 e. The van der Waals surface area contributed by atoms with E-state index >= 15 is 0 Å². The third-order valence-corrected chi connectivity index (χ3v) is 5.51. The highest BCUT2D eigenvalue weighted by Crippen LogP contribution is 2.15. The van der Waals surface area contributed by atoms with Crippen molar-refractivity contribution < 1.29 is 9.53 Å². The highest BCUT2D eigenvalue weighted by Gasteiger charge is 2.11. The number of carbonyl (C=O) groups is 1. The molecule has 0 radical (unpaired) electrons. The Labute approximate surface area is 177 Å². The Morgan fingerprint density at radius 3 is 1.75 bits per heavy atom. The van der Waals surface area contributed by atoms with Gasteiger partial charge in [-0.05, 0) is 18.6 Å². The van der Waals surface area contributed by atoms with Gasteiger partial charge in [-0.1, -0.05) is 115 Å². The quantitative estimate of drug-likeness (QED) is 0.139. The average molecular weight is 410 g/mol. The fourth-order valence-corrected chi connectivity index (χ4v) is 3.63. The number of pyridine rings is 1. The average Bonchev–Trinajstić information content (AvgIpc) is 2.70. The normalized spacial score (nSPS) is 10.9. The molecule has 0 unspecified atom stereocenters. The van der Waals surface area contributed by atoms with Crippen molar-refractivity contribution in [2.45, 2.75) is 110 Å². The summed E-state index contributed by atoms with van der Waals surface area (Å²) in [5, 5.41) is 0.208. The molecule has 0 aliphatic rings. The third kappa shape index (κ3) is 13.1. The maximum atomic E-state index is 11.9. The molecule has 0 spiro atoms. The van der Waals surface area contributed by atoms with Crippen molar-refractivity contribution in [3.63, 3.8) is 0 Å². The summed E-state index contributed by atoms with van der Waals surface area (Å²) < 4.78 is 5.26. The van der Waals surface area contributed by atoms with Gasteiger partial charge in [-0.2, -0.15) is 0 Å². The van der Waals surface area contributed by atoms with Crippen LogP contribution in [0.5, 0.6) is 0 Å². The molecule has 3 nitrogen and oxygen atoms in total. The summed E-state index contributed by atoms with van der Waals surface area (Å²) in [6.07, 6.45) is 22.9. The summed E-state index contributed by atoms with van der Waals surface area (Å²) in [5.41, 5.74) is 0.348. The maximum absolute atomic E-state index is 11.9. The second-order valence-electron chi connectivity index (χ2n) is 7.78. The molecule has 1 aromatic heterocycles. The van der Waals surface area contributed by atoms with Crippen molar-refractivity contribution in [3.05, 3.63) is 29.0 Å². The second-order valence-corrected chi connectivity index (χ2v) is 8.14. The van der Waals surface area contributed by atoms with E-state index in [4.69, 9.17) is 16.3 Å². The van der Waals surface area contributed by atoms with Gasteiger partial charge >= 0.3 is 5.97 Å². The van der Waals surface area contributed by atoms with Gasteiger partial charge in [0.2, 0.25) is 0 Å². The first-order valence-corrected chi connectivity index (χ1v) is 11.9. The molecule has 0 aliphatic heterocycles. The van der Waals surface area contributed by atoms with Gasteiger partial charge < -0.3 is 4.74 Å². The summed E-state index contributed by atoms with van der Waals surface area (Å²) in [7, 11) is 0. The number of aromatic nitrogens is 1. The van der Waals surface area contributed by atoms with Crippen LogP contribution in [0.15, 0.2) is 18.3 Å². The van der Waals surface area contributed by atoms with E-state index in [1.54, 1.807) is 18.3 Å². The largest absolute Gasteiger partial charge is 0.462 e. The zero-order valence-electron chi connectivity index (χ0n) is 17.9. The van der Waals surface area contributed by atoms with Crippen LogP contribution in [0, 0.1) is 0 Å². The predicted octanol–water partition coefficient (Wildman–Crippen LogP) is 8.15. The first-order valence-electron chi connectivity index (χ1n) is 11.5. The Balaban J connectivity index is 1.80. The van der Waals surface area contributed by atoms with E-state index in [-0.39, 0.29) is 11.1 Å². The molecule has 0 N–H and O–H groups in total. The fraction of sp³-hybridized carbons (Fsp3) is 0.750. The molecule has 4 heteroatoms. The van der Waals surface area contributed by atoms with Crippen LogP contribution in [0.3, 0.4) is 0 Å². The molecule has 0 saturated heterocycles. The summed E-state index contributed by atoms with van der Waals surface area (Å²) in [4.78, 5) is 15.8. The van der Waals surface area contributed by atoms with Crippen LogP contribution in [-0.2, 0) is 4.74 Å². The Morgan fingerprint density at radius 2 is 1.29 bits per heavy atom. The highest BCUT2D eigenvalue weighted by molar-refractivity contribution is 6.32. The minimum atomic E-state index is -0.376. The zero-order chi connectivity index (χ0) is 20.3. The van der Waals surface area contributed by atoms with Crippen molar-refractivity contribution >= 4 is 17.6 Å². The molecule has 160 valence electrons. The van der Waals surface area contributed by atoms with Gasteiger partial charge in [0.1, 0.15) is 5.15 Å². The number of halogens is 1. The van der Waals surface area contributed by atoms with Crippen molar-refractivity contribution in [3.8, 4) is 0 Å². The third-order valence-electron chi connectivity index (χ3n) is 5.21. The topological polar surface area (TPSA) is 39.2 Å². The van der Waals surface area contributed by atoms with Gasteiger partial charge in [0.15, 0.2) is 0 Å². The number of unbranched alkanes of at least 4 members (excludes halogenated alkanes) is 15. The fourth-order valence-electron chi connectivity index (χ4n) is 3.43. The lowest BCUT2D eigenvalue weighted by molar-refractivity contribution is 0.0497. The van der Waals surface area contributed by atoms with Crippen LogP contribution in [0.1, 0.15) is 120 Å². The van der Waals surface area contributed by atoms with E-state index in [0.717, 1.165) is 12.8 Å². The molecule has 28 heavy (non-hydrogen) atoms. The highest BCUT2D eigenvalue weighted by atomic mass is 35.5. The van der Waals surface area contributed by atoms with Gasteiger partial charge in [0.05, 0.1) is 12.2 Å². The van der Waals surface area contributed by atoms with Gasteiger partial charge in [0.25, 0.3) is 0 Å². The van der Waals surface area contributed by atoms with E-state index in [9.17, 15) is 4.79 Å². The molecule has 1 heterocycles. The first kappa shape index (κ1) is 24.9. The van der Waals surface area contributed by atoms with E-state index in [2.05, 4.69) is 11.9 Å². The lowest BCUT2D eigenvalue weighted by Gasteiger charge is -2.06. The van der Waals surface area contributed by atoms with E-state index in [1.807, 2.05) is 0 Å². The molecular formula is C24H40ClNO2. The summed E-state index contributed by atoms with van der Waals surface area (Å²) >= 11 is 5.89. The minimum absolute atomic E-state index is 0.208. The number of ether oxygens (including phenoxy) is 1. The van der Waals surface area contributed by atoms with E-state index < -0.39 is 0 Å². The number of hydrogen-bond acceptors (Lipinski definition) is 3. The van der Waals surface area contributed by atoms with Crippen LogP contribution < -0.4 is 0 Å². The molecule has 1 rings (SSSR count). The molecule has 0 bridgehead atoms. The van der Waals surface area contributed by atoms with E-state index in [1.165, 1.54) is 89.9 Å². The zero-order valence-corrected chi connectivity index (χ0v) is 18.7. The number of rotatable bonds is 18. The lowest BCUT2D eigenvalue weighted by Crippen LogP contribution is -2.07. The molecule has 0 aliphatic carbocycles. The molecule has 0 fully saturated rings. The number of hydrogen-bond donors (Lipinski definition) is 0. The van der Waals surface area contributed by atoms with Gasteiger partial charge in [-0.15, -0.1) is 0 Å². The van der Waals surface area contributed by atoms with Crippen LogP contribution in [0.4, 0.5) is 0 Å². The first-order chi connectivity index (χ1) is 13.8. The van der Waals surface area contributed by atoms with Crippen molar-refractivity contribution in [2.24, 2.45) is 0 Å². The Kier molecular flexibility index (Phi) is 16.0. The number of carbonyl (C=O) groups excluding carboxylic acids is 1. The summed E-state index contributed by atoms with van der Waals surface area (Å²) in [5.74, 6) is -0.376. The predicted molar refractivity (Wildman–Crippen MR) is 119 cm³/mol. The van der Waals surface area contributed by atoms with Gasteiger partial charge in [0, 0.05) is 6.20 Å². The number of nitrogens with zero attached hydrogens (tertiary/aromatic N) is 1. The summed E-state index contributed by atoms with van der Waals surface area (Å²) in [6, 6.07) is 3.34. The second kappa shape index (κ2) is 18.0. The van der Waals surface area contributed by atoms with Gasteiger partial charge in [-0.25, -0.2) is 9.78 Å². The molecule has 0 amide bonds. The van der Waals surface area contributed by atoms with Crippen molar-refractivity contribution in [2.75, 3.05) is 6.61 Å².